The van der Waals surface area contributed by atoms with Crippen molar-refractivity contribution in [1.29, 1.82) is 0 Å². The van der Waals surface area contributed by atoms with E-state index < -0.39 is 8.32 Å². The zero-order valence-electron chi connectivity index (χ0n) is 12.4. The Morgan fingerprint density at radius 2 is 2.00 bits per heavy atom. The van der Waals surface area contributed by atoms with Gasteiger partial charge in [0.2, 0.25) is 0 Å². The van der Waals surface area contributed by atoms with Crippen molar-refractivity contribution < 1.29 is 4.43 Å². The van der Waals surface area contributed by atoms with Crippen LogP contribution in [0.4, 0.5) is 0 Å². The molecule has 17 heavy (non-hydrogen) atoms. The first-order valence-corrected chi connectivity index (χ1v) is 9.55. The number of hydrogen-bond donors (Lipinski definition) is 0. The van der Waals surface area contributed by atoms with E-state index in [0.717, 1.165) is 6.61 Å². The van der Waals surface area contributed by atoms with Crippen molar-refractivity contribution in [2.75, 3.05) is 6.61 Å². The van der Waals surface area contributed by atoms with Crippen LogP contribution in [0.25, 0.3) is 0 Å². The third-order valence-electron chi connectivity index (χ3n) is 4.51. The van der Waals surface area contributed by atoms with Gasteiger partial charge in [0.05, 0.1) is 6.61 Å². The zero-order chi connectivity index (χ0) is 13.3. The van der Waals surface area contributed by atoms with Gasteiger partial charge in [-0.25, -0.2) is 0 Å². The predicted molar refractivity (Wildman–Crippen MR) is 78.8 cm³/mol. The minimum Gasteiger partial charge on any atom is -0.413 e. The molecule has 0 bridgehead atoms. The standard InChI is InChI=1S/C15H28OSi/c1-8-13-10-9-12(2)14(13)11-16-17(6,7)15(3,4)5/h8,13H,1,9-11H2,2-7H3/t13-/m0/s1. The first kappa shape index (κ1) is 14.7. The first-order valence-electron chi connectivity index (χ1n) is 6.64. The highest BCUT2D eigenvalue weighted by Crippen LogP contribution is 2.39. The van der Waals surface area contributed by atoms with Crippen LogP contribution in [0.15, 0.2) is 23.8 Å². The van der Waals surface area contributed by atoms with Gasteiger partial charge in [0.1, 0.15) is 0 Å². The van der Waals surface area contributed by atoms with Gasteiger partial charge in [0, 0.05) is 5.92 Å². The van der Waals surface area contributed by atoms with Crippen molar-refractivity contribution in [3.63, 3.8) is 0 Å². The molecule has 0 aromatic heterocycles. The van der Waals surface area contributed by atoms with Crippen LogP contribution >= 0.6 is 0 Å². The van der Waals surface area contributed by atoms with Gasteiger partial charge in [0.15, 0.2) is 8.32 Å². The molecule has 98 valence electrons. The SMILES string of the molecule is C=C[C@H]1CCC(C)=C1CO[Si](C)(C)C(C)(C)C. The minimum atomic E-state index is -1.61. The Bertz CT molecular complexity index is 320. The third-order valence-corrected chi connectivity index (χ3v) is 8.98. The van der Waals surface area contributed by atoms with E-state index in [4.69, 9.17) is 4.43 Å². The van der Waals surface area contributed by atoms with Crippen LogP contribution < -0.4 is 0 Å². The van der Waals surface area contributed by atoms with E-state index in [-0.39, 0.29) is 0 Å². The van der Waals surface area contributed by atoms with Crippen LogP contribution in [0.3, 0.4) is 0 Å². The second kappa shape index (κ2) is 5.11. The molecule has 1 aliphatic carbocycles. The summed E-state index contributed by atoms with van der Waals surface area (Å²) < 4.78 is 6.31. The number of hydrogen-bond acceptors (Lipinski definition) is 1. The average molecular weight is 252 g/mol. The Labute approximate surface area is 108 Å². The first-order chi connectivity index (χ1) is 7.69. The monoisotopic (exact) mass is 252 g/mol. The second-order valence-electron chi connectivity index (χ2n) is 6.74. The van der Waals surface area contributed by atoms with Gasteiger partial charge < -0.3 is 4.43 Å². The molecule has 0 saturated carbocycles. The highest BCUT2D eigenvalue weighted by atomic mass is 28.4. The molecule has 0 aromatic rings. The van der Waals surface area contributed by atoms with Crippen LogP contribution in [-0.4, -0.2) is 14.9 Å². The summed E-state index contributed by atoms with van der Waals surface area (Å²) in [6.07, 6.45) is 4.53. The molecule has 1 nitrogen and oxygen atoms in total. The number of rotatable bonds is 4. The summed E-state index contributed by atoms with van der Waals surface area (Å²) in [6, 6.07) is 0. The lowest BCUT2D eigenvalue weighted by molar-refractivity contribution is 0.310. The van der Waals surface area contributed by atoms with Gasteiger partial charge in [-0.05, 0) is 43.5 Å². The highest BCUT2D eigenvalue weighted by molar-refractivity contribution is 6.74. The number of allylic oxidation sites excluding steroid dienone is 2. The molecule has 0 spiro atoms. The van der Waals surface area contributed by atoms with E-state index in [0.29, 0.717) is 11.0 Å². The molecular formula is C15H28OSi. The van der Waals surface area contributed by atoms with E-state index in [1.807, 2.05) is 0 Å². The van der Waals surface area contributed by atoms with Gasteiger partial charge in [-0.15, -0.1) is 6.58 Å². The van der Waals surface area contributed by atoms with E-state index in [1.165, 1.54) is 24.0 Å². The molecule has 1 rings (SSSR count). The maximum absolute atomic E-state index is 6.31. The molecule has 1 aliphatic rings. The minimum absolute atomic E-state index is 0.295. The lowest BCUT2D eigenvalue weighted by Crippen LogP contribution is -2.41. The molecule has 0 aromatic carbocycles. The van der Waals surface area contributed by atoms with Gasteiger partial charge in [-0.2, -0.15) is 0 Å². The molecule has 0 heterocycles. The summed E-state index contributed by atoms with van der Waals surface area (Å²) >= 11 is 0. The zero-order valence-corrected chi connectivity index (χ0v) is 13.4. The van der Waals surface area contributed by atoms with E-state index in [9.17, 15) is 0 Å². The molecule has 0 unspecified atom stereocenters. The van der Waals surface area contributed by atoms with Crippen LogP contribution in [0.2, 0.25) is 18.1 Å². The Balaban J connectivity index is 2.68. The lowest BCUT2D eigenvalue weighted by atomic mass is 10.0. The summed E-state index contributed by atoms with van der Waals surface area (Å²) in [7, 11) is -1.61. The molecule has 0 radical (unpaired) electrons. The van der Waals surface area contributed by atoms with Crippen molar-refractivity contribution in [1.82, 2.24) is 0 Å². The quantitative estimate of drug-likeness (QED) is 0.510. The van der Waals surface area contributed by atoms with Crippen molar-refractivity contribution in [3.05, 3.63) is 23.8 Å². The predicted octanol–water partition coefficient (Wildman–Crippen LogP) is 4.92. The summed E-state index contributed by atoms with van der Waals surface area (Å²) in [5.74, 6) is 0.555. The molecule has 1 atom stereocenters. The molecule has 0 saturated heterocycles. The second-order valence-corrected chi connectivity index (χ2v) is 11.5. The van der Waals surface area contributed by atoms with Gasteiger partial charge in [-0.3, -0.25) is 0 Å². The third kappa shape index (κ3) is 3.32. The van der Waals surface area contributed by atoms with Crippen LogP contribution in [0.1, 0.15) is 40.5 Å². The molecule has 0 fully saturated rings. The normalized spacial score (nSPS) is 22.1. The van der Waals surface area contributed by atoms with E-state index >= 15 is 0 Å². The fourth-order valence-electron chi connectivity index (χ4n) is 1.99. The Morgan fingerprint density at radius 3 is 2.47 bits per heavy atom. The van der Waals surface area contributed by atoms with Crippen molar-refractivity contribution in [2.24, 2.45) is 5.92 Å². The lowest BCUT2D eigenvalue weighted by Gasteiger charge is -2.36. The van der Waals surface area contributed by atoms with Gasteiger partial charge in [-0.1, -0.05) is 32.4 Å². The van der Waals surface area contributed by atoms with Crippen LogP contribution in [0.5, 0.6) is 0 Å². The average Bonchev–Trinajstić information content (AvgIpc) is 2.54. The molecule has 0 aliphatic heterocycles. The summed E-state index contributed by atoms with van der Waals surface area (Å²) in [5.41, 5.74) is 3.01. The largest absolute Gasteiger partial charge is 0.413 e. The van der Waals surface area contributed by atoms with Crippen molar-refractivity contribution >= 4 is 8.32 Å². The van der Waals surface area contributed by atoms with Crippen molar-refractivity contribution in [3.8, 4) is 0 Å². The van der Waals surface area contributed by atoms with Gasteiger partial charge >= 0.3 is 0 Å². The maximum Gasteiger partial charge on any atom is 0.192 e. The summed E-state index contributed by atoms with van der Waals surface area (Å²) in [4.78, 5) is 0. The Kier molecular flexibility index (Phi) is 4.42. The van der Waals surface area contributed by atoms with Crippen LogP contribution in [-0.2, 0) is 4.43 Å². The Hall–Kier alpha value is -0.343. The van der Waals surface area contributed by atoms with E-state index in [1.54, 1.807) is 0 Å². The van der Waals surface area contributed by atoms with Crippen molar-refractivity contribution in [2.45, 2.75) is 58.7 Å². The topological polar surface area (TPSA) is 9.23 Å². The van der Waals surface area contributed by atoms with E-state index in [2.05, 4.69) is 53.4 Å². The van der Waals surface area contributed by atoms with Gasteiger partial charge in [0.25, 0.3) is 0 Å². The fraction of sp³-hybridized carbons (Fsp3) is 0.733. The highest BCUT2D eigenvalue weighted by Gasteiger charge is 2.37. The summed E-state index contributed by atoms with van der Waals surface area (Å²) in [5, 5.41) is 0.295. The fourth-order valence-corrected chi connectivity index (χ4v) is 2.94. The maximum atomic E-state index is 6.31. The van der Waals surface area contributed by atoms with Crippen LogP contribution in [0, 0.1) is 5.92 Å². The molecule has 0 amide bonds. The summed E-state index contributed by atoms with van der Waals surface area (Å²) in [6.45, 7) is 18.5. The molecule has 2 heteroatoms. The smallest absolute Gasteiger partial charge is 0.192 e. The molecular weight excluding hydrogens is 224 g/mol. The Morgan fingerprint density at radius 1 is 1.41 bits per heavy atom. The molecule has 0 N–H and O–H groups in total.